The van der Waals surface area contributed by atoms with E-state index in [4.69, 9.17) is 4.74 Å². The van der Waals surface area contributed by atoms with E-state index in [1.165, 1.54) is 19.2 Å². The molecule has 1 rings (SSSR count). The molecule has 0 saturated carbocycles. The fourth-order valence-corrected chi connectivity index (χ4v) is 0.987. The molecular weight excluding hydrogens is 176 g/mol. The van der Waals surface area contributed by atoms with Crippen molar-refractivity contribution in [3.63, 3.8) is 0 Å². The molecule has 0 spiro atoms. The molecule has 4 heteroatoms. The minimum atomic E-state index is -0.531. The van der Waals surface area contributed by atoms with E-state index in [-0.39, 0.29) is 18.0 Å². The van der Waals surface area contributed by atoms with Gasteiger partial charge in [-0.3, -0.25) is 0 Å². The Bertz CT molecular complexity index is 278. The van der Waals surface area contributed by atoms with Crippen molar-refractivity contribution in [3.05, 3.63) is 24.0 Å². The van der Waals surface area contributed by atoms with Gasteiger partial charge in [-0.1, -0.05) is 6.07 Å². The Morgan fingerprint density at radius 2 is 2.23 bits per heavy atom. The molecule has 0 aliphatic heterocycles. The van der Waals surface area contributed by atoms with Crippen LogP contribution in [0.2, 0.25) is 0 Å². The van der Waals surface area contributed by atoms with E-state index in [1.807, 2.05) is 0 Å². The summed E-state index contributed by atoms with van der Waals surface area (Å²) in [6.07, 6.45) is 0. The number of benzene rings is 1. The number of rotatable bonds is 4. The van der Waals surface area contributed by atoms with E-state index < -0.39 is 12.5 Å². The van der Waals surface area contributed by atoms with Crippen molar-refractivity contribution >= 4 is 5.69 Å². The number of hydrogen-bond acceptors (Lipinski definition) is 2. The lowest BCUT2D eigenvalue weighted by molar-refractivity contribution is 0.387. The Morgan fingerprint density at radius 1 is 1.46 bits per heavy atom. The van der Waals surface area contributed by atoms with Gasteiger partial charge < -0.3 is 10.1 Å². The summed E-state index contributed by atoms with van der Waals surface area (Å²) in [5, 5.41) is 2.61. The number of hydrogen-bond donors (Lipinski definition) is 1. The first kappa shape index (κ1) is 9.77. The van der Waals surface area contributed by atoms with E-state index in [2.05, 4.69) is 5.32 Å². The number of anilines is 1. The molecule has 0 fully saturated rings. The second-order valence-corrected chi connectivity index (χ2v) is 2.44. The minimum absolute atomic E-state index is 0.101. The molecule has 0 aliphatic rings. The number of ether oxygens (including phenoxy) is 1. The van der Waals surface area contributed by atoms with Crippen LogP contribution in [-0.2, 0) is 0 Å². The van der Waals surface area contributed by atoms with E-state index >= 15 is 0 Å². The molecule has 0 atom stereocenters. The van der Waals surface area contributed by atoms with Crippen molar-refractivity contribution in [2.24, 2.45) is 0 Å². The molecular formula is C9H11F2NO. The highest BCUT2D eigenvalue weighted by Gasteiger charge is 2.06. The van der Waals surface area contributed by atoms with Gasteiger partial charge in [-0.2, -0.15) is 0 Å². The van der Waals surface area contributed by atoms with Gasteiger partial charge in [0.2, 0.25) is 0 Å². The SMILES string of the molecule is COc1cccc(NCCF)c1F. The molecule has 0 bridgehead atoms. The van der Waals surface area contributed by atoms with Crippen molar-refractivity contribution in [3.8, 4) is 5.75 Å². The highest BCUT2D eigenvalue weighted by atomic mass is 19.1. The van der Waals surface area contributed by atoms with E-state index in [0.717, 1.165) is 0 Å². The number of halogens is 2. The van der Waals surface area contributed by atoms with Gasteiger partial charge in [0.1, 0.15) is 6.67 Å². The lowest BCUT2D eigenvalue weighted by Crippen LogP contribution is -2.05. The summed E-state index contributed by atoms with van der Waals surface area (Å²) in [5.41, 5.74) is 0.261. The van der Waals surface area contributed by atoms with Gasteiger partial charge in [-0.25, -0.2) is 8.78 Å². The monoisotopic (exact) mass is 187 g/mol. The third-order valence-corrected chi connectivity index (χ3v) is 1.59. The van der Waals surface area contributed by atoms with Gasteiger partial charge in [0.25, 0.3) is 0 Å². The Hall–Kier alpha value is -1.32. The summed E-state index contributed by atoms with van der Waals surface area (Å²) in [4.78, 5) is 0. The topological polar surface area (TPSA) is 21.3 Å². The zero-order valence-electron chi connectivity index (χ0n) is 7.31. The van der Waals surface area contributed by atoms with Gasteiger partial charge in [-0.15, -0.1) is 0 Å². The zero-order chi connectivity index (χ0) is 9.68. The molecule has 0 aromatic heterocycles. The van der Waals surface area contributed by atoms with Crippen LogP contribution in [0.3, 0.4) is 0 Å². The van der Waals surface area contributed by atoms with Crippen molar-refractivity contribution in [2.75, 3.05) is 25.6 Å². The summed E-state index contributed by atoms with van der Waals surface area (Å²) in [6, 6.07) is 4.69. The number of alkyl halides is 1. The van der Waals surface area contributed by atoms with Gasteiger partial charge >= 0.3 is 0 Å². The summed E-state index contributed by atoms with van der Waals surface area (Å²) in [6.45, 7) is -0.430. The lowest BCUT2D eigenvalue weighted by Gasteiger charge is -2.07. The van der Waals surface area contributed by atoms with Crippen molar-refractivity contribution < 1.29 is 13.5 Å². The number of nitrogens with one attached hydrogen (secondary N) is 1. The van der Waals surface area contributed by atoms with Crippen LogP contribution in [0, 0.1) is 5.82 Å². The maximum atomic E-state index is 13.3. The largest absolute Gasteiger partial charge is 0.494 e. The highest BCUT2D eigenvalue weighted by Crippen LogP contribution is 2.23. The van der Waals surface area contributed by atoms with Crippen LogP contribution in [0.5, 0.6) is 5.75 Å². The normalized spacial score (nSPS) is 9.77. The summed E-state index contributed by atoms with van der Waals surface area (Å²) < 4.78 is 29.8. The van der Waals surface area contributed by atoms with Crippen LogP contribution >= 0.6 is 0 Å². The average molecular weight is 187 g/mol. The second kappa shape index (κ2) is 4.64. The van der Waals surface area contributed by atoms with Crippen LogP contribution in [0.25, 0.3) is 0 Å². The highest BCUT2D eigenvalue weighted by molar-refractivity contribution is 5.50. The van der Waals surface area contributed by atoms with E-state index in [9.17, 15) is 8.78 Å². The molecule has 0 amide bonds. The molecule has 0 aliphatic carbocycles. The maximum Gasteiger partial charge on any atom is 0.188 e. The summed E-state index contributed by atoms with van der Waals surface area (Å²) >= 11 is 0. The Morgan fingerprint density at radius 3 is 2.85 bits per heavy atom. The first-order chi connectivity index (χ1) is 6.29. The van der Waals surface area contributed by atoms with Crippen molar-refractivity contribution in [2.45, 2.75) is 0 Å². The van der Waals surface area contributed by atoms with Crippen LogP contribution in [0.15, 0.2) is 18.2 Å². The molecule has 1 aromatic carbocycles. The Labute approximate surface area is 75.5 Å². The smallest absolute Gasteiger partial charge is 0.188 e. The predicted molar refractivity (Wildman–Crippen MR) is 47.4 cm³/mol. The lowest BCUT2D eigenvalue weighted by atomic mass is 10.3. The molecule has 0 heterocycles. The predicted octanol–water partition coefficient (Wildman–Crippen LogP) is 2.22. The van der Waals surface area contributed by atoms with Gasteiger partial charge in [0.15, 0.2) is 11.6 Å². The third-order valence-electron chi connectivity index (χ3n) is 1.59. The van der Waals surface area contributed by atoms with Crippen LogP contribution < -0.4 is 10.1 Å². The molecule has 0 unspecified atom stereocenters. The second-order valence-electron chi connectivity index (χ2n) is 2.44. The first-order valence-electron chi connectivity index (χ1n) is 3.92. The standard InChI is InChI=1S/C9H11F2NO/c1-13-8-4-2-3-7(9(8)11)12-6-5-10/h2-4,12H,5-6H2,1H3. The molecule has 1 aromatic rings. The van der Waals surface area contributed by atoms with Gasteiger partial charge in [0.05, 0.1) is 12.8 Å². The van der Waals surface area contributed by atoms with Crippen molar-refractivity contribution in [1.82, 2.24) is 0 Å². The number of methoxy groups -OCH3 is 1. The van der Waals surface area contributed by atoms with E-state index in [0.29, 0.717) is 0 Å². The van der Waals surface area contributed by atoms with Crippen LogP contribution in [0.1, 0.15) is 0 Å². The third kappa shape index (κ3) is 2.31. The van der Waals surface area contributed by atoms with Crippen molar-refractivity contribution in [1.29, 1.82) is 0 Å². The Kier molecular flexibility index (Phi) is 3.49. The van der Waals surface area contributed by atoms with Crippen LogP contribution in [0.4, 0.5) is 14.5 Å². The Balaban J connectivity index is 2.81. The zero-order valence-corrected chi connectivity index (χ0v) is 7.31. The minimum Gasteiger partial charge on any atom is -0.494 e. The summed E-state index contributed by atoms with van der Waals surface area (Å²) in [5.74, 6) is -0.331. The van der Waals surface area contributed by atoms with Gasteiger partial charge in [-0.05, 0) is 12.1 Å². The fourth-order valence-electron chi connectivity index (χ4n) is 0.987. The molecule has 1 N–H and O–H groups in total. The molecule has 13 heavy (non-hydrogen) atoms. The van der Waals surface area contributed by atoms with Gasteiger partial charge in [0, 0.05) is 6.54 Å². The molecule has 0 saturated heterocycles. The maximum absolute atomic E-state index is 13.3. The quantitative estimate of drug-likeness (QED) is 0.780. The molecule has 2 nitrogen and oxygen atoms in total. The molecule has 72 valence electrons. The van der Waals surface area contributed by atoms with E-state index in [1.54, 1.807) is 6.07 Å². The average Bonchev–Trinajstić information content (AvgIpc) is 2.16. The fraction of sp³-hybridized carbons (Fsp3) is 0.333. The summed E-state index contributed by atoms with van der Waals surface area (Å²) in [7, 11) is 1.39. The molecule has 0 radical (unpaired) electrons. The van der Waals surface area contributed by atoms with Crippen LogP contribution in [-0.4, -0.2) is 20.3 Å². The first-order valence-corrected chi connectivity index (χ1v) is 3.92.